The van der Waals surface area contributed by atoms with Gasteiger partial charge in [-0.05, 0) is 85.1 Å². The van der Waals surface area contributed by atoms with Gasteiger partial charge in [-0.1, -0.05) is 29.9 Å². The van der Waals surface area contributed by atoms with Gasteiger partial charge in [-0.25, -0.2) is 14.6 Å². The minimum absolute atomic E-state index is 0.151. The van der Waals surface area contributed by atoms with E-state index >= 15 is 0 Å². The monoisotopic (exact) mass is 706 g/mol. The van der Waals surface area contributed by atoms with Crippen LogP contribution in [0.1, 0.15) is 51.3 Å². The molecule has 0 bridgehead atoms. The fourth-order valence-corrected chi connectivity index (χ4v) is 6.38. The lowest BCUT2D eigenvalue weighted by Gasteiger charge is -2.26. The molecule has 234 valence electrons. The van der Waals surface area contributed by atoms with Crippen LogP contribution in [-0.2, 0) is 19.1 Å². The summed E-state index contributed by atoms with van der Waals surface area (Å²) in [6, 6.07) is 7.70. The number of allylic oxidation sites excluding steroid dienone is 1. The molecule has 0 spiro atoms. The lowest BCUT2D eigenvalue weighted by molar-refractivity contribution is -0.143. The standard InChI is InChI=1S/C31H32BrClN2O8S/c1-6-11-42-22-10-9-19(33)15-20(22)27-26(30(38)41-8-3)17(4)34-31-35(27)29(37)24(44-31)14-18-12-21(32)28(23(13-18)40-7-2)43-16-25(36)39-5/h9-10,12-15,27H,6-8,11,16H2,1-5H3. The molecule has 1 aromatic heterocycles. The average Bonchev–Trinajstić information content (AvgIpc) is 3.29. The molecule has 0 radical (unpaired) electrons. The van der Waals surface area contributed by atoms with Gasteiger partial charge < -0.3 is 23.7 Å². The Morgan fingerprint density at radius 3 is 2.55 bits per heavy atom. The van der Waals surface area contributed by atoms with E-state index in [9.17, 15) is 14.4 Å². The Kier molecular flexibility index (Phi) is 11.3. The van der Waals surface area contributed by atoms with Crippen LogP contribution in [-0.4, -0.2) is 50.0 Å². The van der Waals surface area contributed by atoms with E-state index in [0.29, 0.717) is 66.1 Å². The number of ether oxygens (including phenoxy) is 5. The van der Waals surface area contributed by atoms with Crippen LogP contribution in [0.5, 0.6) is 17.2 Å². The number of fused-ring (bicyclic) bond motifs is 1. The van der Waals surface area contributed by atoms with E-state index in [1.54, 1.807) is 50.3 Å². The van der Waals surface area contributed by atoms with Crippen LogP contribution in [0.2, 0.25) is 5.02 Å². The van der Waals surface area contributed by atoms with Crippen LogP contribution in [0.3, 0.4) is 0 Å². The first kappa shape index (κ1) is 33.3. The minimum Gasteiger partial charge on any atom is -0.493 e. The van der Waals surface area contributed by atoms with Gasteiger partial charge in [0.25, 0.3) is 5.56 Å². The van der Waals surface area contributed by atoms with Crippen molar-refractivity contribution >= 4 is 56.9 Å². The van der Waals surface area contributed by atoms with E-state index in [1.165, 1.54) is 23.0 Å². The normalized spacial score (nSPS) is 14.5. The number of nitrogens with zero attached hydrogens (tertiary/aromatic N) is 2. The molecule has 13 heteroatoms. The molecule has 1 aliphatic heterocycles. The number of carbonyl (C=O) groups is 2. The maximum atomic E-state index is 14.1. The Labute approximate surface area is 271 Å². The van der Waals surface area contributed by atoms with Crippen molar-refractivity contribution in [3.05, 3.63) is 81.9 Å². The minimum atomic E-state index is -0.891. The third-order valence-electron chi connectivity index (χ3n) is 6.44. The van der Waals surface area contributed by atoms with Gasteiger partial charge in [0, 0.05) is 10.6 Å². The molecular formula is C31H32BrClN2O8S. The van der Waals surface area contributed by atoms with Crippen molar-refractivity contribution in [3.8, 4) is 17.2 Å². The molecule has 0 saturated carbocycles. The van der Waals surface area contributed by atoms with Crippen LogP contribution in [0, 0.1) is 0 Å². The van der Waals surface area contributed by atoms with Gasteiger partial charge >= 0.3 is 11.9 Å². The Hall–Kier alpha value is -3.61. The number of hydrogen-bond acceptors (Lipinski definition) is 10. The summed E-state index contributed by atoms with van der Waals surface area (Å²) in [5.41, 5.74) is 1.46. The zero-order valence-corrected chi connectivity index (χ0v) is 28.1. The second-order valence-electron chi connectivity index (χ2n) is 9.46. The van der Waals surface area contributed by atoms with E-state index in [1.807, 2.05) is 13.8 Å². The van der Waals surface area contributed by atoms with E-state index in [-0.39, 0.29) is 24.3 Å². The highest BCUT2D eigenvalue weighted by molar-refractivity contribution is 9.10. The number of carbonyl (C=O) groups excluding carboxylic acids is 2. The van der Waals surface area contributed by atoms with Crippen molar-refractivity contribution in [1.29, 1.82) is 0 Å². The number of benzene rings is 2. The SMILES string of the molecule is CCCOc1ccc(Cl)cc1C1C(C(=O)OCC)=C(C)N=c2sc(=Cc3cc(Br)c(OCC(=O)OC)c(OCC)c3)c(=O)n21. The second kappa shape index (κ2) is 14.9. The third kappa shape index (κ3) is 7.19. The zero-order valence-electron chi connectivity index (χ0n) is 24.9. The Morgan fingerprint density at radius 2 is 1.86 bits per heavy atom. The largest absolute Gasteiger partial charge is 0.493 e. The molecule has 0 fully saturated rings. The number of methoxy groups -OCH3 is 1. The molecule has 3 aromatic rings. The van der Waals surface area contributed by atoms with Crippen LogP contribution < -0.4 is 29.1 Å². The summed E-state index contributed by atoms with van der Waals surface area (Å²) < 4.78 is 29.9. The molecule has 0 amide bonds. The molecule has 1 aliphatic rings. The summed E-state index contributed by atoms with van der Waals surface area (Å²) in [6.45, 7) is 7.86. The molecule has 1 atom stereocenters. The first-order valence-electron chi connectivity index (χ1n) is 13.9. The Bertz CT molecular complexity index is 1780. The molecule has 2 heterocycles. The number of hydrogen-bond donors (Lipinski definition) is 0. The molecule has 4 rings (SSSR count). The number of thiazole rings is 1. The molecule has 0 saturated heterocycles. The van der Waals surface area contributed by atoms with Crippen molar-refractivity contribution in [1.82, 2.24) is 4.57 Å². The average molecular weight is 708 g/mol. The summed E-state index contributed by atoms with van der Waals surface area (Å²) in [5, 5.41) is 0.423. The van der Waals surface area contributed by atoms with E-state index in [0.717, 1.165) is 6.42 Å². The van der Waals surface area contributed by atoms with Gasteiger partial charge in [0.1, 0.15) is 11.8 Å². The van der Waals surface area contributed by atoms with Crippen LogP contribution in [0.15, 0.2) is 55.9 Å². The third-order valence-corrected chi connectivity index (χ3v) is 8.24. The summed E-state index contributed by atoms with van der Waals surface area (Å²) in [4.78, 5) is 44.1. The first-order valence-corrected chi connectivity index (χ1v) is 15.9. The van der Waals surface area contributed by atoms with Crippen LogP contribution >= 0.6 is 38.9 Å². The number of aromatic nitrogens is 1. The predicted molar refractivity (Wildman–Crippen MR) is 170 cm³/mol. The molecule has 44 heavy (non-hydrogen) atoms. The quantitative estimate of drug-likeness (QED) is 0.243. The predicted octanol–water partition coefficient (Wildman–Crippen LogP) is 4.95. The van der Waals surface area contributed by atoms with Crippen molar-refractivity contribution in [2.75, 3.05) is 33.5 Å². The van der Waals surface area contributed by atoms with Crippen molar-refractivity contribution < 1.29 is 33.3 Å². The van der Waals surface area contributed by atoms with E-state index < -0.39 is 18.0 Å². The summed E-state index contributed by atoms with van der Waals surface area (Å²) in [7, 11) is 1.27. The van der Waals surface area contributed by atoms with Crippen molar-refractivity contribution in [2.24, 2.45) is 4.99 Å². The first-order chi connectivity index (χ1) is 21.1. The zero-order chi connectivity index (χ0) is 32.0. The topological polar surface area (TPSA) is 115 Å². The van der Waals surface area contributed by atoms with Gasteiger partial charge in [-0.2, -0.15) is 0 Å². The van der Waals surface area contributed by atoms with Gasteiger partial charge in [0.05, 0.1) is 47.2 Å². The van der Waals surface area contributed by atoms with E-state index in [4.69, 9.17) is 30.5 Å². The molecular weight excluding hydrogens is 676 g/mol. The van der Waals surface area contributed by atoms with Gasteiger partial charge in [0.15, 0.2) is 22.9 Å². The van der Waals surface area contributed by atoms with Gasteiger partial charge in [-0.3, -0.25) is 9.36 Å². The maximum Gasteiger partial charge on any atom is 0.343 e. The summed E-state index contributed by atoms with van der Waals surface area (Å²) >= 11 is 11.1. The highest BCUT2D eigenvalue weighted by Gasteiger charge is 2.35. The highest BCUT2D eigenvalue weighted by atomic mass is 79.9. The Balaban J connectivity index is 1.91. The lowest BCUT2D eigenvalue weighted by atomic mass is 9.95. The number of halogens is 2. The molecule has 0 N–H and O–H groups in total. The fourth-order valence-electron chi connectivity index (χ4n) is 4.58. The number of esters is 2. The highest BCUT2D eigenvalue weighted by Crippen LogP contribution is 2.39. The van der Waals surface area contributed by atoms with Crippen molar-refractivity contribution in [2.45, 2.75) is 40.2 Å². The summed E-state index contributed by atoms with van der Waals surface area (Å²) in [6.07, 6.45) is 2.46. The second-order valence-corrected chi connectivity index (χ2v) is 11.8. The fraction of sp³-hybridized carbons (Fsp3) is 0.355. The van der Waals surface area contributed by atoms with Gasteiger partial charge in [-0.15, -0.1) is 0 Å². The van der Waals surface area contributed by atoms with Gasteiger partial charge in [0.2, 0.25) is 0 Å². The Morgan fingerprint density at radius 1 is 1.09 bits per heavy atom. The molecule has 0 aliphatic carbocycles. The van der Waals surface area contributed by atoms with Crippen molar-refractivity contribution in [3.63, 3.8) is 0 Å². The molecule has 10 nitrogen and oxygen atoms in total. The lowest BCUT2D eigenvalue weighted by Crippen LogP contribution is -2.40. The molecule has 1 unspecified atom stereocenters. The molecule has 2 aromatic carbocycles. The smallest absolute Gasteiger partial charge is 0.343 e. The summed E-state index contributed by atoms with van der Waals surface area (Å²) in [5.74, 6) is 0.0767. The van der Waals surface area contributed by atoms with Crippen LogP contribution in [0.4, 0.5) is 0 Å². The number of rotatable bonds is 12. The van der Waals surface area contributed by atoms with Crippen LogP contribution in [0.25, 0.3) is 6.08 Å². The maximum absolute atomic E-state index is 14.1. The van der Waals surface area contributed by atoms with E-state index in [2.05, 4.69) is 25.7 Å².